The number of carbonyl (C=O) groups is 1. The van der Waals surface area contributed by atoms with E-state index in [4.69, 9.17) is 23.4 Å². The summed E-state index contributed by atoms with van der Waals surface area (Å²) in [4.78, 5) is 23.7. The summed E-state index contributed by atoms with van der Waals surface area (Å²) < 4.78 is 32.0. The number of fused-ring (bicyclic) bond motifs is 4. The van der Waals surface area contributed by atoms with Crippen LogP contribution in [0, 0.1) is 6.92 Å². The lowest BCUT2D eigenvalue weighted by atomic mass is 10.1. The molecule has 1 N–H and O–H groups in total. The molecule has 1 aliphatic rings. The lowest BCUT2D eigenvalue weighted by Crippen LogP contribution is -2.15. The van der Waals surface area contributed by atoms with Crippen molar-refractivity contribution in [2.24, 2.45) is 0 Å². The van der Waals surface area contributed by atoms with Crippen LogP contribution in [0.3, 0.4) is 0 Å². The number of nitrogens with one attached hydrogen (secondary N) is 1. The van der Waals surface area contributed by atoms with Crippen LogP contribution in [0.1, 0.15) is 5.56 Å². The summed E-state index contributed by atoms with van der Waals surface area (Å²) in [5, 5.41) is 3.36. The van der Waals surface area contributed by atoms with E-state index in [1.54, 1.807) is 25.4 Å². The monoisotopic (exact) mass is 530 g/mol. The first-order valence-electron chi connectivity index (χ1n) is 12.0. The molecule has 0 fully saturated rings. The Hall–Kier alpha value is -5.06. The number of aromatic nitrogens is 3. The highest BCUT2D eigenvalue weighted by molar-refractivity contribution is 5.96. The van der Waals surface area contributed by atoms with E-state index in [-0.39, 0.29) is 0 Å². The molecule has 39 heavy (non-hydrogen) atoms. The van der Waals surface area contributed by atoms with Gasteiger partial charge in [0.2, 0.25) is 11.8 Å². The third-order valence-electron chi connectivity index (χ3n) is 5.82. The van der Waals surface area contributed by atoms with E-state index < -0.39 is 6.09 Å². The standard InChI is InChI=1S/C20H16N2O4.C8H10N2O3/c1-11-7-12(19-14(8-11)22-18(23-2)10-21-19)17-9-13-15(26-17)3-4-16-20(13)25-6-5-24-16;1-12-7-4-3-6(5-9-7)10-8(11)13-2/h3-4,7-10H,5-6H2,1-2H3;3-5H,1-2H3,(H,10,11). The molecule has 5 aromatic rings. The Morgan fingerprint density at radius 2 is 1.74 bits per heavy atom. The van der Waals surface area contributed by atoms with Crippen molar-refractivity contribution in [3.8, 4) is 34.6 Å². The van der Waals surface area contributed by atoms with Gasteiger partial charge in [0.1, 0.15) is 24.6 Å². The van der Waals surface area contributed by atoms with Gasteiger partial charge in [-0.15, -0.1) is 0 Å². The number of pyridine rings is 1. The van der Waals surface area contributed by atoms with Gasteiger partial charge in [-0.1, -0.05) is 0 Å². The Labute approximate surface area is 223 Å². The van der Waals surface area contributed by atoms with Gasteiger partial charge in [0.25, 0.3) is 0 Å². The van der Waals surface area contributed by atoms with Crippen molar-refractivity contribution in [1.29, 1.82) is 0 Å². The van der Waals surface area contributed by atoms with Gasteiger partial charge >= 0.3 is 6.09 Å². The van der Waals surface area contributed by atoms with E-state index in [1.165, 1.54) is 20.4 Å². The predicted molar refractivity (Wildman–Crippen MR) is 144 cm³/mol. The van der Waals surface area contributed by atoms with Crippen molar-refractivity contribution in [2.75, 3.05) is 39.9 Å². The SMILES string of the molecule is COC(=O)Nc1ccc(OC)nc1.COc1cnc2c(-c3cc4c5c(ccc4o3)OCCO5)cc(C)cc2n1. The Balaban J connectivity index is 0.000000201. The van der Waals surface area contributed by atoms with Gasteiger partial charge in [-0.25, -0.2) is 19.7 Å². The zero-order chi connectivity index (χ0) is 27.4. The minimum absolute atomic E-state index is 0.485. The third-order valence-corrected chi connectivity index (χ3v) is 5.82. The van der Waals surface area contributed by atoms with Crippen molar-refractivity contribution in [3.63, 3.8) is 0 Å². The molecule has 11 heteroatoms. The van der Waals surface area contributed by atoms with Gasteiger partial charge in [-0.05, 0) is 48.9 Å². The van der Waals surface area contributed by atoms with Crippen molar-refractivity contribution < 1.29 is 32.9 Å². The molecular formula is C28H26N4O7. The van der Waals surface area contributed by atoms with E-state index >= 15 is 0 Å². The van der Waals surface area contributed by atoms with Crippen LogP contribution in [0.25, 0.3) is 33.3 Å². The third kappa shape index (κ3) is 5.47. The van der Waals surface area contributed by atoms with Crippen LogP contribution >= 0.6 is 0 Å². The second-order valence-corrected chi connectivity index (χ2v) is 8.41. The van der Waals surface area contributed by atoms with Crippen LogP contribution in [0.15, 0.2) is 59.3 Å². The maximum Gasteiger partial charge on any atom is 0.411 e. The largest absolute Gasteiger partial charge is 0.486 e. The van der Waals surface area contributed by atoms with Gasteiger partial charge in [0, 0.05) is 11.6 Å². The molecule has 0 saturated carbocycles. The molecule has 11 nitrogen and oxygen atoms in total. The summed E-state index contributed by atoms with van der Waals surface area (Å²) in [6.45, 7) is 3.11. The first-order valence-corrected chi connectivity index (χ1v) is 12.0. The number of rotatable bonds is 4. The van der Waals surface area contributed by atoms with E-state index in [0.717, 1.165) is 50.4 Å². The number of hydrogen-bond donors (Lipinski definition) is 1. The molecule has 0 radical (unpaired) electrons. The number of ether oxygens (including phenoxy) is 5. The molecule has 2 aromatic carbocycles. The van der Waals surface area contributed by atoms with Crippen molar-refractivity contribution in [3.05, 3.63) is 60.4 Å². The van der Waals surface area contributed by atoms with Crippen molar-refractivity contribution in [1.82, 2.24) is 15.0 Å². The van der Waals surface area contributed by atoms with Crippen LogP contribution in [0.4, 0.5) is 10.5 Å². The van der Waals surface area contributed by atoms with Gasteiger partial charge in [-0.3, -0.25) is 5.32 Å². The molecule has 0 saturated heterocycles. The molecule has 1 amide bonds. The molecule has 1 aliphatic heterocycles. The smallest absolute Gasteiger partial charge is 0.411 e. The van der Waals surface area contributed by atoms with Crippen LogP contribution < -0.4 is 24.3 Å². The predicted octanol–water partition coefficient (Wildman–Crippen LogP) is 5.40. The Morgan fingerprint density at radius 3 is 2.49 bits per heavy atom. The highest BCUT2D eigenvalue weighted by Crippen LogP contribution is 2.42. The number of aryl methyl sites for hydroxylation is 1. The summed E-state index contributed by atoms with van der Waals surface area (Å²) in [6, 6.07) is 13.1. The Bertz CT molecular complexity index is 1630. The van der Waals surface area contributed by atoms with E-state index in [2.05, 4.69) is 25.0 Å². The summed E-state index contributed by atoms with van der Waals surface area (Å²) in [5.74, 6) is 3.17. The van der Waals surface area contributed by atoms with Crippen LogP contribution in [-0.4, -0.2) is 55.6 Å². The second kappa shape index (κ2) is 11.1. The fourth-order valence-corrected chi connectivity index (χ4v) is 4.03. The first kappa shape index (κ1) is 25.6. The van der Waals surface area contributed by atoms with E-state index in [9.17, 15) is 4.79 Å². The molecule has 0 unspecified atom stereocenters. The maximum atomic E-state index is 10.7. The molecule has 0 aliphatic carbocycles. The minimum Gasteiger partial charge on any atom is -0.486 e. The number of methoxy groups -OCH3 is 3. The second-order valence-electron chi connectivity index (χ2n) is 8.41. The number of hydrogen-bond acceptors (Lipinski definition) is 10. The van der Waals surface area contributed by atoms with Crippen LogP contribution in [0.2, 0.25) is 0 Å². The van der Waals surface area contributed by atoms with Crippen molar-refractivity contribution >= 4 is 33.8 Å². The molecule has 200 valence electrons. The fourth-order valence-electron chi connectivity index (χ4n) is 4.03. The molecule has 6 rings (SSSR count). The highest BCUT2D eigenvalue weighted by atomic mass is 16.6. The Morgan fingerprint density at radius 1 is 0.923 bits per heavy atom. The number of nitrogens with zero attached hydrogens (tertiary/aromatic N) is 3. The number of furan rings is 1. The topological polar surface area (TPSA) is 127 Å². The quantitative estimate of drug-likeness (QED) is 0.323. The summed E-state index contributed by atoms with van der Waals surface area (Å²) in [6.07, 6.45) is 2.57. The number of carbonyl (C=O) groups excluding carboxylic acids is 1. The number of benzene rings is 2. The fraction of sp³-hybridized carbons (Fsp3) is 0.214. The van der Waals surface area contributed by atoms with Crippen LogP contribution in [0.5, 0.6) is 23.3 Å². The molecule has 0 atom stereocenters. The van der Waals surface area contributed by atoms with Gasteiger partial charge < -0.3 is 28.1 Å². The minimum atomic E-state index is -0.521. The lowest BCUT2D eigenvalue weighted by molar-refractivity contribution is 0.174. The van der Waals surface area contributed by atoms with Gasteiger partial charge in [0.15, 0.2) is 11.5 Å². The van der Waals surface area contributed by atoms with E-state index in [0.29, 0.717) is 30.7 Å². The summed E-state index contributed by atoms with van der Waals surface area (Å²) >= 11 is 0. The normalized spacial score (nSPS) is 11.9. The average Bonchev–Trinajstić information content (AvgIpc) is 3.42. The highest BCUT2D eigenvalue weighted by Gasteiger charge is 2.20. The van der Waals surface area contributed by atoms with E-state index in [1.807, 2.05) is 37.3 Å². The van der Waals surface area contributed by atoms with Crippen LogP contribution in [-0.2, 0) is 4.74 Å². The zero-order valence-electron chi connectivity index (χ0n) is 21.8. The van der Waals surface area contributed by atoms with Gasteiger partial charge in [0.05, 0.1) is 55.8 Å². The number of amides is 1. The lowest BCUT2D eigenvalue weighted by Gasteiger charge is -2.18. The zero-order valence-corrected chi connectivity index (χ0v) is 21.8. The molecule has 0 bridgehead atoms. The Kier molecular flexibility index (Phi) is 7.30. The molecule has 0 spiro atoms. The molecule has 3 aromatic heterocycles. The van der Waals surface area contributed by atoms with Gasteiger partial charge in [-0.2, -0.15) is 0 Å². The summed E-state index contributed by atoms with van der Waals surface area (Å²) in [7, 11) is 4.40. The molecule has 4 heterocycles. The summed E-state index contributed by atoms with van der Waals surface area (Å²) in [5.41, 5.74) is 4.80. The average molecular weight is 531 g/mol. The number of anilines is 1. The van der Waals surface area contributed by atoms with Crippen molar-refractivity contribution in [2.45, 2.75) is 6.92 Å². The maximum absolute atomic E-state index is 10.7. The molecular weight excluding hydrogens is 504 g/mol. The first-order chi connectivity index (χ1) is 19.0.